The number of nitrogens with one attached hydrogen (secondary N) is 1. The largest absolute Gasteiger partial charge is 0.496 e. The van der Waals surface area contributed by atoms with Crippen molar-refractivity contribution in [1.29, 1.82) is 0 Å². The predicted octanol–water partition coefficient (Wildman–Crippen LogP) is 3.12. The quantitative estimate of drug-likeness (QED) is 0.523. The Hall–Kier alpha value is -1.87. The van der Waals surface area contributed by atoms with Gasteiger partial charge in [0.2, 0.25) is 6.10 Å². The Kier molecular flexibility index (Phi) is 7.65. The predicted molar refractivity (Wildman–Crippen MR) is 98.2 cm³/mol. The van der Waals surface area contributed by atoms with Crippen LogP contribution in [0.4, 0.5) is 0 Å². The zero-order chi connectivity index (χ0) is 19.1. The number of carbonyl (C=O) groups excluding carboxylic acids is 2. The minimum Gasteiger partial charge on any atom is -0.496 e. The van der Waals surface area contributed by atoms with Gasteiger partial charge in [0, 0.05) is 19.2 Å². The Morgan fingerprint density at radius 2 is 2.00 bits per heavy atom. The van der Waals surface area contributed by atoms with Crippen LogP contribution in [-0.4, -0.2) is 43.6 Å². The van der Waals surface area contributed by atoms with Crippen molar-refractivity contribution in [3.63, 3.8) is 0 Å². The number of para-hydroxylation sites is 1. The number of ether oxygens (including phenoxy) is 3. The molecular weight excluding hydrogens is 403 g/mol. The third-order valence-corrected chi connectivity index (χ3v) is 4.89. The highest BCUT2D eigenvalue weighted by Gasteiger charge is 2.30. The second-order valence-corrected chi connectivity index (χ2v) is 6.68. The van der Waals surface area contributed by atoms with Crippen LogP contribution in [0.25, 0.3) is 0 Å². The van der Waals surface area contributed by atoms with E-state index in [9.17, 15) is 9.59 Å². The fourth-order valence-electron chi connectivity index (χ4n) is 2.06. The number of carbonyl (C=O) groups is 2. The van der Waals surface area contributed by atoms with Gasteiger partial charge in [0.25, 0.3) is 5.91 Å². The van der Waals surface area contributed by atoms with Gasteiger partial charge in [-0.2, -0.15) is 4.37 Å². The van der Waals surface area contributed by atoms with Crippen molar-refractivity contribution in [2.24, 2.45) is 0 Å². The van der Waals surface area contributed by atoms with Crippen molar-refractivity contribution in [3.8, 4) is 5.75 Å². The lowest BCUT2D eigenvalue weighted by Crippen LogP contribution is -2.34. The Morgan fingerprint density at radius 1 is 1.27 bits per heavy atom. The molecule has 0 unspecified atom stereocenters. The Morgan fingerprint density at radius 3 is 2.62 bits per heavy atom. The first-order valence-electron chi connectivity index (χ1n) is 7.40. The zero-order valence-corrected chi connectivity index (χ0v) is 16.3. The molecule has 10 heteroatoms. The van der Waals surface area contributed by atoms with Crippen molar-refractivity contribution in [2.75, 3.05) is 27.4 Å². The summed E-state index contributed by atoms with van der Waals surface area (Å²) in [5.41, 5.74) is 0.238. The smallest absolute Gasteiger partial charge is 0.360 e. The summed E-state index contributed by atoms with van der Waals surface area (Å²) >= 11 is 12.6. The molecule has 1 N–H and O–H groups in total. The van der Waals surface area contributed by atoms with Crippen LogP contribution in [0, 0.1) is 0 Å². The first kappa shape index (κ1) is 20.4. The molecule has 0 fully saturated rings. The SMILES string of the molecule is COCCNC(=O)[C@@H](OC(=O)c1nsc(Cl)c1Cl)c1ccccc1OC. The van der Waals surface area contributed by atoms with E-state index in [1.165, 1.54) is 14.2 Å². The van der Waals surface area contributed by atoms with E-state index in [0.29, 0.717) is 17.9 Å². The van der Waals surface area contributed by atoms with Crippen LogP contribution in [0.15, 0.2) is 24.3 Å². The molecule has 0 aliphatic heterocycles. The molecule has 1 atom stereocenters. The second kappa shape index (κ2) is 9.72. The molecular formula is C16H16Cl2N2O5S. The van der Waals surface area contributed by atoms with Crippen LogP contribution >= 0.6 is 34.7 Å². The van der Waals surface area contributed by atoms with Crippen molar-refractivity contribution in [2.45, 2.75) is 6.10 Å². The van der Waals surface area contributed by atoms with Gasteiger partial charge in [-0.3, -0.25) is 4.79 Å². The molecule has 1 aromatic heterocycles. The summed E-state index contributed by atoms with van der Waals surface area (Å²) in [4.78, 5) is 25.0. The maximum Gasteiger partial charge on any atom is 0.360 e. The molecule has 0 spiro atoms. The molecule has 0 saturated carbocycles. The van der Waals surface area contributed by atoms with Crippen LogP contribution in [0.1, 0.15) is 22.2 Å². The lowest BCUT2D eigenvalue weighted by molar-refractivity contribution is -0.130. The maximum absolute atomic E-state index is 12.6. The molecule has 2 aromatic rings. The minimum absolute atomic E-state index is 0.0137. The van der Waals surface area contributed by atoms with Gasteiger partial charge < -0.3 is 19.5 Å². The maximum atomic E-state index is 12.6. The molecule has 140 valence electrons. The second-order valence-electron chi connectivity index (χ2n) is 4.93. The number of hydrogen-bond donors (Lipinski definition) is 1. The molecule has 0 aliphatic rings. The van der Waals surface area contributed by atoms with Crippen LogP contribution in [0.3, 0.4) is 0 Å². The van der Waals surface area contributed by atoms with Gasteiger partial charge in [-0.25, -0.2) is 4.79 Å². The van der Waals surface area contributed by atoms with Crippen LogP contribution in [0.2, 0.25) is 9.36 Å². The standard InChI is InChI=1S/C16H16Cl2N2O5S/c1-23-8-7-19-15(21)13(9-5-3-4-6-10(9)24-2)25-16(22)12-11(17)14(18)26-20-12/h3-6,13H,7-8H2,1-2H3,(H,19,21)/t13-/m0/s1. The molecule has 2 rings (SSSR count). The fourth-order valence-corrected chi connectivity index (χ4v) is 3.04. The van der Waals surface area contributed by atoms with Gasteiger partial charge in [0.1, 0.15) is 15.1 Å². The summed E-state index contributed by atoms with van der Waals surface area (Å²) in [6, 6.07) is 6.72. The topological polar surface area (TPSA) is 86.8 Å². The monoisotopic (exact) mass is 418 g/mol. The third-order valence-electron chi connectivity index (χ3n) is 3.28. The van der Waals surface area contributed by atoms with Gasteiger partial charge in [-0.1, -0.05) is 41.4 Å². The Bertz CT molecular complexity index is 784. The van der Waals surface area contributed by atoms with E-state index in [4.69, 9.17) is 37.4 Å². The molecule has 0 bridgehead atoms. The number of hydrogen-bond acceptors (Lipinski definition) is 7. The van der Waals surface area contributed by atoms with E-state index in [1.807, 2.05) is 0 Å². The lowest BCUT2D eigenvalue weighted by Gasteiger charge is -2.19. The van der Waals surface area contributed by atoms with Crippen molar-refractivity contribution >= 4 is 46.6 Å². The zero-order valence-electron chi connectivity index (χ0n) is 14.0. The molecule has 26 heavy (non-hydrogen) atoms. The molecule has 1 aromatic carbocycles. The van der Waals surface area contributed by atoms with Crippen LogP contribution < -0.4 is 10.1 Å². The van der Waals surface area contributed by atoms with E-state index in [1.54, 1.807) is 24.3 Å². The average molecular weight is 419 g/mol. The summed E-state index contributed by atoms with van der Waals surface area (Å²) in [5.74, 6) is -0.997. The average Bonchev–Trinajstić information content (AvgIpc) is 2.98. The normalized spacial score (nSPS) is 11.7. The highest BCUT2D eigenvalue weighted by Crippen LogP contribution is 2.32. The lowest BCUT2D eigenvalue weighted by atomic mass is 10.1. The summed E-state index contributed by atoms with van der Waals surface area (Å²) in [7, 11) is 2.97. The summed E-state index contributed by atoms with van der Waals surface area (Å²) in [6.07, 6.45) is -1.26. The highest BCUT2D eigenvalue weighted by atomic mass is 35.5. The van der Waals surface area contributed by atoms with Gasteiger partial charge in [-0.05, 0) is 17.6 Å². The Labute approximate surface area is 164 Å². The van der Waals surface area contributed by atoms with Crippen molar-refractivity contribution in [1.82, 2.24) is 9.69 Å². The van der Waals surface area contributed by atoms with E-state index in [-0.39, 0.29) is 21.6 Å². The number of rotatable bonds is 8. The first-order valence-corrected chi connectivity index (χ1v) is 8.93. The molecule has 0 radical (unpaired) electrons. The van der Waals surface area contributed by atoms with Gasteiger partial charge in [0.05, 0.1) is 13.7 Å². The van der Waals surface area contributed by atoms with Gasteiger partial charge in [-0.15, -0.1) is 0 Å². The number of aromatic nitrogens is 1. The minimum atomic E-state index is -1.26. The number of esters is 1. The van der Waals surface area contributed by atoms with E-state index in [0.717, 1.165) is 11.5 Å². The molecule has 7 nitrogen and oxygen atoms in total. The number of nitrogens with zero attached hydrogens (tertiary/aromatic N) is 1. The molecule has 1 heterocycles. The van der Waals surface area contributed by atoms with Crippen LogP contribution in [0.5, 0.6) is 5.75 Å². The highest BCUT2D eigenvalue weighted by molar-refractivity contribution is 7.11. The van der Waals surface area contributed by atoms with Crippen molar-refractivity contribution in [3.05, 3.63) is 44.9 Å². The summed E-state index contributed by atoms with van der Waals surface area (Å²) in [5, 5.41) is 2.62. The summed E-state index contributed by atoms with van der Waals surface area (Å²) < 4.78 is 19.6. The van der Waals surface area contributed by atoms with E-state index in [2.05, 4.69) is 9.69 Å². The van der Waals surface area contributed by atoms with Crippen molar-refractivity contribution < 1.29 is 23.8 Å². The fraction of sp³-hybridized carbons (Fsp3) is 0.312. The third kappa shape index (κ3) is 4.85. The Balaban J connectivity index is 2.29. The van der Waals surface area contributed by atoms with E-state index < -0.39 is 18.0 Å². The summed E-state index contributed by atoms with van der Waals surface area (Å²) in [6.45, 7) is 0.563. The van der Waals surface area contributed by atoms with Gasteiger partial charge in [0.15, 0.2) is 5.69 Å². The molecule has 0 saturated heterocycles. The number of benzene rings is 1. The number of amides is 1. The number of methoxy groups -OCH3 is 2. The van der Waals surface area contributed by atoms with Gasteiger partial charge >= 0.3 is 5.97 Å². The van der Waals surface area contributed by atoms with Crippen LogP contribution in [-0.2, 0) is 14.3 Å². The van der Waals surface area contributed by atoms with E-state index >= 15 is 0 Å². The number of halogens is 2. The molecule has 0 aliphatic carbocycles. The molecule has 1 amide bonds. The first-order chi connectivity index (χ1) is 12.5.